The fraction of sp³-hybridized carbons (Fsp3) is 0.111. The first-order valence-corrected chi connectivity index (χ1v) is 9.60. The molecule has 4 rings (SSSR count). The number of halogens is 2. The molecule has 0 aliphatic carbocycles. The molecule has 11 heteroatoms. The van der Waals surface area contributed by atoms with Crippen molar-refractivity contribution in [2.45, 2.75) is 0 Å². The summed E-state index contributed by atoms with van der Waals surface area (Å²) in [6, 6.07) is 9.07. The molecule has 2 N–H and O–H groups in total. The molecule has 29 heavy (non-hydrogen) atoms. The average molecular weight is 522 g/mol. The zero-order chi connectivity index (χ0) is 21.1. The number of amides is 1. The van der Waals surface area contributed by atoms with Crippen molar-refractivity contribution in [3.63, 3.8) is 0 Å². The van der Waals surface area contributed by atoms with E-state index >= 15 is 0 Å². The Morgan fingerprint density at radius 2 is 1.52 bits per heavy atom. The Bertz CT molecular complexity index is 1260. The van der Waals surface area contributed by atoms with Crippen LogP contribution < -0.4 is 15.2 Å². The number of fused-ring (bicyclic) bond motifs is 2. The second-order valence-electron chi connectivity index (χ2n) is 5.59. The van der Waals surface area contributed by atoms with Crippen molar-refractivity contribution in [1.29, 1.82) is 5.26 Å². The quantitative estimate of drug-likeness (QED) is 0.413. The van der Waals surface area contributed by atoms with Crippen LogP contribution in [0.1, 0.15) is 16.2 Å². The molecular weight excluding hydrogens is 508 g/mol. The van der Waals surface area contributed by atoms with Crippen LogP contribution in [0.2, 0.25) is 0 Å². The highest BCUT2D eigenvalue weighted by Gasteiger charge is 2.12. The Morgan fingerprint density at radius 3 is 2.03 bits per heavy atom. The summed E-state index contributed by atoms with van der Waals surface area (Å²) < 4.78 is 14.9. The van der Waals surface area contributed by atoms with Gasteiger partial charge in [-0.25, -0.2) is 9.97 Å². The standard InChI is InChI=1S/C9H8BrN3O2.C9H6BrN3O/c1-15-5-2-7(10)13-6(9(11)14)4-12-8(13)3-5;1-14-7-2-8(10)13-6(4-11)5-12-9(13)3-7/h2-4H,1H3,(H2,11,14);2-3,5H,1H3. The molecule has 0 radical (unpaired) electrons. The van der Waals surface area contributed by atoms with Crippen molar-refractivity contribution in [2.75, 3.05) is 14.2 Å². The lowest BCUT2D eigenvalue weighted by atomic mass is 10.4. The van der Waals surface area contributed by atoms with Gasteiger partial charge in [0.1, 0.15) is 40.3 Å². The van der Waals surface area contributed by atoms with E-state index in [9.17, 15) is 4.79 Å². The number of nitriles is 1. The number of aromatic nitrogens is 4. The second-order valence-corrected chi connectivity index (χ2v) is 7.21. The number of carbonyl (C=O) groups is 1. The number of carbonyl (C=O) groups excluding carboxylic acids is 1. The molecule has 0 saturated heterocycles. The first-order chi connectivity index (χ1) is 13.9. The van der Waals surface area contributed by atoms with Gasteiger partial charge in [-0.15, -0.1) is 0 Å². The molecule has 1 amide bonds. The van der Waals surface area contributed by atoms with Gasteiger partial charge >= 0.3 is 0 Å². The van der Waals surface area contributed by atoms with E-state index in [-0.39, 0.29) is 0 Å². The van der Waals surface area contributed by atoms with Gasteiger partial charge in [-0.3, -0.25) is 13.6 Å². The number of imidazole rings is 2. The van der Waals surface area contributed by atoms with Gasteiger partial charge in [0.15, 0.2) is 0 Å². The predicted molar refractivity (Wildman–Crippen MR) is 112 cm³/mol. The van der Waals surface area contributed by atoms with E-state index in [2.05, 4.69) is 47.9 Å². The summed E-state index contributed by atoms with van der Waals surface area (Å²) in [6.45, 7) is 0. The molecule has 0 aliphatic heterocycles. The van der Waals surface area contributed by atoms with Crippen LogP contribution >= 0.6 is 31.9 Å². The lowest BCUT2D eigenvalue weighted by Crippen LogP contribution is -2.14. The van der Waals surface area contributed by atoms with E-state index in [1.807, 2.05) is 0 Å². The molecule has 4 aromatic heterocycles. The Hall–Kier alpha value is -3.10. The van der Waals surface area contributed by atoms with Crippen LogP contribution in [0.4, 0.5) is 0 Å². The number of nitrogens with zero attached hydrogens (tertiary/aromatic N) is 5. The van der Waals surface area contributed by atoms with Crippen LogP contribution in [0.5, 0.6) is 11.5 Å². The largest absolute Gasteiger partial charge is 0.497 e. The maximum absolute atomic E-state index is 11.1. The predicted octanol–water partition coefficient (Wildman–Crippen LogP) is 3.18. The van der Waals surface area contributed by atoms with Crippen molar-refractivity contribution in [1.82, 2.24) is 18.8 Å². The van der Waals surface area contributed by atoms with Gasteiger partial charge < -0.3 is 15.2 Å². The number of rotatable bonds is 3. The van der Waals surface area contributed by atoms with E-state index < -0.39 is 5.91 Å². The fourth-order valence-corrected chi connectivity index (χ4v) is 3.77. The molecular formula is C18H14Br2N6O3. The third-order valence-electron chi connectivity index (χ3n) is 3.91. The van der Waals surface area contributed by atoms with E-state index in [0.717, 1.165) is 4.60 Å². The summed E-state index contributed by atoms with van der Waals surface area (Å²) in [6.07, 6.45) is 2.96. The lowest BCUT2D eigenvalue weighted by molar-refractivity contribution is 0.0994. The van der Waals surface area contributed by atoms with Crippen LogP contribution in [0.15, 0.2) is 45.9 Å². The maximum Gasteiger partial charge on any atom is 0.267 e. The molecule has 148 valence electrons. The summed E-state index contributed by atoms with van der Waals surface area (Å²) >= 11 is 6.67. The number of hydrogen-bond acceptors (Lipinski definition) is 6. The number of methoxy groups -OCH3 is 2. The summed E-state index contributed by atoms with van der Waals surface area (Å²) in [5.41, 5.74) is 7.33. The van der Waals surface area contributed by atoms with Gasteiger partial charge in [-0.1, -0.05) is 0 Å². The maximum atomic E-state index is 11.1. The molecule has 0 saturated carbocycles. The summed E-state index contributed by atoms with van der Waals surface area (Å²) in [5.74, 6) is 0.851. The highest BCUT2D eigenvalue weighted by Crippen LogP contribution is 2.23. The van der Waals surface area contributed by atoms with Gasteiger partial charge in [0.05, 0.1) is 35.8 Å². The molecule has 9 nitrogen and oxygen atoms in total. The minimum Gasteiger partial charge on any atom is -0.497 e. The third-order valence-corrected chi connectivity index (χ3v) is 5.08. The van der Waals surface area contributed by atoms with E-state index in [4.69, 9.17) is 20.5 Å². The molecule has 0 spiro atoms. The van der Waals surface area contributed by atoms with Gasteiger partial charge in [-0.2, -0.15) is 5.26 Å². The van der Waals surface area contributed by atoms with Crippen LogP contribution in [0.3, 0.4) is 0 Å². The molecule has 0 atom stereocenters. The van der Waals surface area contributed by atoms with Crippen molar-refractivity contribution in [3.05, 3.63) is 57.3 Å². The number of nitrogens with two attached hydrogens (primary N) is 1. The lowest BCUT2D eigenvalue weighted by Gasteiger charge is -2.04. The fourth-order valence-electron chi connectivity index (χ4n) is 2.58. The van der Waals surface area contributed by atoms with Crippen molar-refractivity contribution in [3.8, 4) is 17.6 Å². The highest BCUT2D eigenvalue weighted by molar-refractivity contribution is 9.10. The third kappa shape index (κ3) is 4.03. The smallest absolute Gasteiger partial charge is 0.267 e. The number of pyridine rings is 2. The minimum absolute atomic E-state index is 0.333. The van der Waals surface area contributed by atoms with Crippen LogP contribution in [-0.4, -0.2) is 38.9 Å². The Balaban J connectivity index is 0.000000166. The molecule has 0 bridgehead atoms. The molecule has 0 fully saturated rings. The molecule has 0 aliphatic rings. The van der Waals surface area contributed by atoms with Crippen LogP contribution in [-0.2, 0) is 0 Å². The normalized spacial score (nSPS) is 10.3. The Kier molecular flexibility index (Phi) is 6.05. The first-order valence-electron chi connectivity index (χ1n) is 8.01. The van der Waals surface area contributed by atoms with E-state index in [0.29, 0.717) is 38.8 Å². The Morgan fingerprint density at radius 1 is 1.00 bits per heavy atom. The first kappa shape index (κ1) is 20.6. The number of primary amides is 1. The Labute approximate surface area is 181 Å². The molecule has 4 aromatic rings. The summed E-state index contributed by atoms with van der Waals surface area (Å²) in [4.78, 5) is 19.2. The molecule has 0 aromatic carbocycles. The average Bonchev–Trinajstić information content (AvgIpc) is 3.32. The number of hydrogen-bond donors (Lipinski definition) is 1. The van der Waals surface area contributed by atoms with Crippen LogP contribution in [0.25, 0.3) is 11.3 Å². The minimum atomic E-state index is -0.520. The highest BCUT2D eigenvalue weighted by atomic mass is 79.9. The van der Waals surface area contributed by atoms with Crippen molar-refractivity contribution >= 4 is 49.1 Å². The van der Waals surface area contributed by atoms with Gasteiger partial charge in [0.2, 0.25) is 0 Å². The number of ether oxygens (including phenoxy) is 2. The SMILES string of the molecule is COc1cc(Br)n2c(C#N)cnc2c1.COc1cc(Br)n2c(C(N)=O)cnc2c1. The van der Waals surface area contributed by atoms with Crippen molar-refractivity contribution in [2.24, 2.45) is 5.73 Å². The summed E-state index contributed by atoms with van der Waals surface area (Å²) in [7, 11) is 3.16. The van der Waals surface area contributed by atoms with E-state index in [1.165, 1.54) is 12.4 Å². The zero-order valence-corrected chi connectivity index (χ0v) is 18.4. The molecule has 0 unspecified atom stereocenters. The zero-order valence-electron chi connectivity index (χ0n) is 15.3. The second kappa shape index (κ2) is 8.50. The van der Waals surface area contributed by atoms with Crippen LogP contribution in [0, 0.1) is 11.3 Å². The van der Waals surface area contributed by atoms with Gasteiger partial charge in [0, 0.05) is 24.3 Å². The summed E-state index contributed by atoms with van der Waals surface area (Å²) in [5, 5.41) is 8.81. The molecule has 4 heterocycles. The monoisotopic (exact) mass is 520 g/mol. The van der Waals surface area contributed by atoms with Gasteiger partial charge in [0.25, 0.3) is 5.91 Å². The van der Waals surface area contributed by atoms with E-state index in [1.54, 1.807) is 47.3 Å². The van der Waals surface area contributed by atoms with Crippen molar-refractivity contribution < 1.29 is 14.3 Å². The topological polar surface area (TPSA) is 120 Å². The van der Waals surface area contributed by atoms with Gasteiger partial charge in [-0.05, 0) is 31.9 Å².